The first kappa shape index (κ1) is 10.7. The molecule has 0 saturated heterocycles. The van der Waals surface area contributed by atoms with Crippen LogP contribution < -0.4 is 11.3 Å². The molecule has 14 heavy (non-hydrogen) atoms. The van der Waals surface area contributed by atoms with Crippen molar-refractivity contribution in [2.75, 3.05) is 0 Å². The van der Waals surface area contributed by atoms with Crippen molar-refractivity contribution < 1.29 is 0 Å². The molecule has 1 rings (SSSR count). The van der Waals surface area contributed by atoms with Crippen LogP contribution in [0.2, 0.25) is 0 Å². The van der Waals surface area contributed by atoms with Crippen molar-refractivity contribution >= 4 is 0 Å². The molecule has 1 aromatic rings. The van der Waals surface area contributed by atoms with Crippen LogP contribution in [-0.4, -0.2) is 4.57 Å². The highest BCUT2D eigenvalue weighted by Crippen LogP contribution is 1.93. The quantitative estimate of drug-likeness (QED) is 0.733. The number of aromatic nitrogens is 1. The molecule has 0 amide bonds. The van der Waals surface area contributed by atoms with Crippen molar-refractivity contribution in [3.63, 3.8) is 0 Å². The summed E-state index contributed by atoms with van der Waals surface area (Å²) in [4.78, 5) is 11.7. The van der Waals surface area contributed by atoms with Gasteiger partial charge in [0.05, 0.1) is 0 Å². The van der Waals surface area contributed by atoms with Gasteiger partial charge in [-0.2, -0.15) is 0 Å². The van der Waals surface area contributed by atoms with Crippen LogP contribution in [0.25, 0.3) is 0 Å². The maximum Gasteiger partial charge on any atom is 0.255 e. The smallest absolute Gasteiger partial charge is 0.255 e. The van der Waals surface area contributed by atoms with Crippen LogP contribution in [0, 0.1) is 0 Å². The number of allylic oxidation sites excluding steroid dienone is 2. The molecule has 0 aliphatic carbocycles. The van der Waals surface area contributed by atoms with Gasteiger partial charge < -0.3 is 10.3 Å². The Morgan fingerprint density at radius 1 is 1.57 bits per heavy atom. The summed E-state index contributed by atoms with van der Waals surface area (Å²) < 4.78 is 1.66. The molecule has 0 spiro atoms. The molecule has 0 saturated carbocycles. The molecule has 0 aliphatic rings. The van der Waals surface area contributed by atoms with E-state index in [4.69, 9.17) is 5.73 Å². The minimum atomic E-state index is 0.00694. The molecule has 3 nitrogen and oxygen atoms in total. The number of hydrogen-bond acceptors (Lipinski definition) is 2. The normalized spacial score (nSPS) is 9.93. The predicted octanol–water partition coefficient (Wildman–Crippen LogP) is 1.27. The summed E-state index contributed by atoms with van der Waals surface area (Å²) >= 11 is 0. The molecule has 3 heteroatoms. The van der Waals surface area contributed by atoms with E-state index in [0.717, 1.165) is 0 Å². The van der Waals surface area contributed by atoms with E-state index in [-0.39, 0.29) is 5.56 Å². The lowest BCUT2D eigenvalue weighted by molar-refractivity contribution is 0.757. The number of rotatable bonds is 3. The van der Waals surface area contributed by atoms with E-state index < -0.39 is 0 Å². The van der Waals surface area contributed by atoms with Crippen molar-refractivity contribution in [2.45, 2.75) is 26.9 Å². The molecule has 2 N–H and O–H groups in total. The van der Waals surface area contributed by atoms with Crippen LogP contribution in [0.15, 0.2) is 34.8 Å². The minimum Gasteiger partial charge on any atom is -0.326 e. The summed E-state index contributed by atoms with van der Waals surface area (Å²) in [5.41, 5.74) is 7.32. The second-order valence-corrected chi connectivity index (χ2v) is 3.48. The summed E-state index contributed by atoms with van der Waals surface area (Å²) in [7, 11) is 0. The molecule has 0 bridgehead atoms. The lowest BCUT2D eigenvalue weighted by Crippen LogP contribution is -2.24. The van der Waals surface area contributed by atoms with Crippen molar-refractivity contribution in [1.29, 1.82) is 0 Å². The molecular formula is C11H16N2O. The van der Waals surface area contributed by atoms with Crippen LogP contribution in [-0.2, 0) is 13.1 Å². The molecule has 0 unspecified atom stereocenters. The lowest BCUT2D eigenvalue weighted by atomic mass is 10.2. The van der Waals surface area contributed by atoms with Crippen LogP contribution >= 0.6 is 0 Å². The SMILES string of the molecule is CC(C)=CCn1cccc(CN)c1=O. The fourth-order valence-corrected chi connectivity index (χ4v) is 1.17. The van der Waals surface area contributed by atoms with Gasteiger partial charge in [0, 0.05) is 24.8 Å². The zero-order valence-electron chi connectivity index (χ0n) is 8.66. The second kappa shape index (κ2) is 4.77. The van der Waals surface area contributed by atoms with Crippen molar-refractivity contribution in [3.05, 3.63) is 45.9 Å². The minimum absolute atomic E-state index is 0.00694. The lowest BCUT2D eigenvalue weighted by Gasteiger charge is -2.04. The number of nitrogens with zero attached hydrogens (tertiary/aromatic N) is 1. The van der Waals surface area contributed by atoms with Gasteiger partial charge in [0.2, 0.25) is 0 Å². The van der Waals surface area contributed by atoms with E-state index in [1.165, 1.54) is 5.57 Å². The molecule has 0 fully saturated rings. The zero-order valence-corrected chi connectivity index (χ0v) is 8.66. The third kappa shape index (κ3) is 2.57. The Bertz CT molecular complexity index is 387. The van der Waals surface area contributed by atoms with Crippen molar-refractivity contribution in [1.82, 2.24) is 4.57 Å². The Morgan fingerprint density at radius 3 is 2.86 bits per heavy atom. The highest BCUT2D eigenvalue weighted by Gasteiger charge is 1.98. The molecule has 0 aliphatic heterocycles. The Labute approximate surface area is 83.9 Å². The van der Waals surface area contributed by atoms with E-state index in [9.17, 15) is 4.79 Å². The van der Waals surface area contributed by atoms with Crippen LogP contribution in [0.1, 0.15) is 19.4 Å². The van der Waals surface area contributed by atoms with Crippen LogP contribution in [0.3, 0.4) is 0 Å². The molecule has 76 valence electrons. The monoisotopic (exact) mass is 192 g/mol. The van der Waals surface area contributed by atoms with Gasteiger partial charge in [-0.3, -0.25) is 4.79 Å². The molecule has 1 heterocycles. The fraction of sp³-hybridized carbons (Fsp3) is 0.364. The van der Waals surface area contributed by atoms with Crippen LogP contribution in [0.4, 0.5) is 0 Å². The van der Waals surface area contributed by atoms with Gasteiger partial charge in [0.15, 0.2) is 0 Å². The molecule has 0 atom stereocenters. The zero-order chi connectivity index (χ0) is 10.6. The molecular weight excluding hydrogens is 176 g/mol. The Balaban J connectivity index is 2.99. The van der Waals surface area contributed by atoms with E-state index in [1.54, 1.807) is 16.8 Å². The standard InChI is InChI=1S/C11H16N2O/c1-9(2)5-7-13-6-3-4-10(8-12)11(13)14/h3-6H,7-8,12H2,1-2H3. The Morgan fingerprint density at radius 2 is 2.29 bits per heavy atom. The van der Waals surface area contributed by atoms with E-state index in [0.29, 0.717) is 18.7 Å². The highest BCUT2D eigenvalue weighted by atomic mass is 16.1. The van der Waals surface area contributed by atoms with E-state index >= 15 is 0 Å². The molecule has 1 aromatic heterocycles. The summed E-state index contributed by atoms with van der Waals surface area (Å²) in [5, 5.41) is 0. The van der Waals surface area contributed by atoms with Gasteiger partial charge in [-0.05, 0) is 19.9 Å². The van der Waals surface area contributed by atoms with E-state index in [2.05, 4.69) is 0 Å². The Kier molecular flexibility index (Phi) is 3.65. The van der Waals surface area contributed by atoms with Gasteiger partial charge >= 0.3 is 0 Å². The average Bonchev–Trinajstić information content (AvgIpc) is 2.16. The van der Waals surface area contributed by atoms with Crippen molar-refractivity contribution in [3.8, 4) is 0 Å². The first-order valence-electron chi connectivity index (χ1n) is 4.67. The summed E-state index contributed by atoms with van der Waals surface area (Å²) in [5.74, 6) is 0. The molecule has 0 aromatic carbocycles. The van der Waals surface area contributed by atoms with E-state index in [1.807, 2.05) is 26.0 Å². The maximum atomic E-state index is 11.7. The van der Waals surface area contributed by atoms with Gasteiger partial charge in [-0.25, -0.2) is 0 Å². The predicted molar refractivity (Wildman–Crippen MR) is 58.0 cm³/mol. The highest BCUT2D eigenvalue weighted by molar-refractivity contribution is 5.10. The van der Waals surface area contributed by atoms with Gasteiger partial charge in [0.25, 0.3) is 5.56 Å². The van der Waals surface area contributed by atoms with Crippen molar-refractivity contribution in [2.24, 2.45) is 5.73 Å². The summed E-state index contributed by atoms with van der Waals surface area (Å²) in [6.07, 6.45) is 3.79. The summed E-state index contributed by atoms with van der Waals surface area (Å²) in [6.45, 7) is 4.94. The van der Waals surface area contributed by atoms with Gasteiger partial charge in [-0.1, -0.05) is 17.7 Å². The number of hydrogen-bond donors (Lipinski definition) is 1. The third-order valence-corrected chi connectivity index (χ3v) is 2.02. The third-order valence-electron chi connectivity index (χ3n) is 2.02. The summed E-state index contributed by atoms with van der Waals surface area (Å²) in [6, 6.07) is 3.61. The van der Waals surface area contributed by atoms with Gasteiger partial charge in [-0.15, -0.1) is 0 Å². The van der Waals surface area contributed by atoms with Crippen LogP contribution in [0.5, 0.6) is 0 Å². The number of nitrogens with two attached hydrogens (primary N) is 1. The topological polar surface area (TPSA) is 48.0 Å². The second-order valence-electron chi connectivity index (χ2n) is 3.48. The first-order valence-corrected chi connectivity index (χ1v) is 4.67. The Hall–Kier alpha value is -1.35. The maximum absolute atomic E-state index is 11.7. The first-order chi connectivity index (χ1) is 6.65. The largest absolute Gasteiger partial charge is 0.326 e. The average molecular weight is 192 g/mol. The fourth-order valence-electron chi connectivity index (χ4n) is 1.17. The number of pyridine rings is 1. The van der Waals surface area contributed by atoms with Gasteiger partial charge in [0.1, 0.15) is 0 Å². The molecule has 0 radical (unpaired) electrons.